The lowest BCUT2D eigenvalue weighted by atomic mass is 10.1. The molecule has 2 heterocycles. The van der Waals surface area contributed by atoms with Crippen molar-refractivity contribution in [3.63, 3.8) is 0 Å². The van der Waals surface area contributed by atoms with E-state index in [9.17, 15) is 9.59 Å². The number of carbonyl (C=O) groups excluding carboxylic acids is 2. The number of amides is 2. The van der Waals surface area contributed by atoms with E-state index in [0.717, 1.165) is 33.5 Å². The Labute approximate surface area is 134 Å². The maximum absolute atomic E-state index is 12.5. The first kappa shape index (κ1) is 15.0. The molecule has 1 aliphatic heterocycles. The lowest BCUT2D eigenvalue weighted by Crippen LogP contribution is -2.42. The second-order valence-corrected chi connectivity index (χ2v) is 6.92. The molecule has 1 atom stereocenters. The quantitative estimate of drug-likeness (QED) is 0.943. The smallest absolute Gasteiger partial charge is 0.261 e. The molecule has 0 spiro atoms. The van der Waals surface area contributed by atoms with Crippen LogP contribution >= 0.6 is 11.3 Å². The summed E-state index contributed by atoms with van der Waals surface area (Å²) in [4.78, 5) is 26.7. The fraction of sp³-hybridized carbons (Fsp3) is 0.412. The minimum absolute atomic E-state index is 0.0424. The molecule has 2 aromatic rings. The van der Waals surface area contributed by atoms with Gasteiger partial charge in [-0.15, -0.1) is 11.3 Å². The Morgan fingerprint density at radius 2 is 2.18 bits per heavy atom. The zero-order chi connectivity index (χ0) is 15.7. The van der Waals surface area contributed by atoms with E-state index in [1.807, 2.05) is 43.0 Å². The molecule has 1 aromatic carbocycles. The summed E-state index contributed by atoms with van der Waals surface area (Å²) >= 11 is 1.52. The Balaban J connectivity index is 1.70. The number of aryl methyl sites for hydroxylation is 1. The van der Waals surface area contributed by atoms with Crippen molar-refractivity contribution in [2.24, 2.45) is 0 Å². The topological polar surface area (TPSA) is 49.4 Å². The molecule has 22 heavy (non-hydrogen) atoms. The van der Waals surface area contributed by atoms with Crippen molar-refractivity contribution < 1.29 is 9.59 Å². The zero-order valence-electron chi connectivity index (χ0n) is 12.9. The summed E-state index contributed by atoms with van der Waals surface area (Å²) in [6, 6.07) is 8.02. The average Bonchev–Trinajstić information content (AvgIpc) is 3.04. The van der Waals surface area contributed by atoms with E-state index in [0.29, 0.717) is 13.0 Å². The van der Waals surface area contributed by atoms with Crippen molar-refractivity contribution in [2.45, 2.75) is 32.7 Å². The Morgan fingerprint density at radius 3 is 2.86 bits per heavy atom. The number of likely N-dealkylation sites (tertiary alicyclic amines) is 1. The van der Waals surface area contributed by atoms with Crippen molar-refractivity contribution in [3.05, 3.63) is 34.7 Å². The molecule has 1 fully saturated rings. The monoisotopic (exact) mass is 316 g/mol. The number of hydrogen-bond acceptors (Lipinski definition) is 3. The molecule has 1 unspecified atom stereocenters. The number of carbonyl (C=O) groups is 2. The third-order valence-electron chi connectivity index (χ3n) is 4.09. The number of nitrogens with one attached hydrogen (secondary N) is 1. The molecule has 0 radical (unpaired) electrons. The van der Waals surface area contributed by atoms with Gasteiger partial charge in [-0.2, -0.15) is 0 Å². The summed E-state index contributed by atoms with van der Waals surface area (Å²) in [6.07, 6.45) is 1.56. The van der Waals surface area contributed by atoms with Crippen LogP contribution in [0, 0.1) is 6.92 Å². The molecule has 4 nitrogen and oxygen atoms in total. The van der Waals surface area contributed by atoms with E-state index >= 15 is 0 Å². The number of fused-ring (bicyclic) bond motifs is 1. The third-order valence-corrected chi connectivity index (χ3v) is 5.36. The maximum Gasteiger partial charge on any atom is 0.261 e. The van der Waals surface area contributed by atoms with Gasteiger partial charge in [-0.05, 0) is 37.3 Å². The summed E-state index contributed by atoms with van der Waals surface area (Å²) < 4.78 is 1.13. The van der Waals surface area contributed by atoms with E-state index in [2.05, 4.69) is 5.32 Å². The Bertz CT molecular complexity index is 723. The van der Waals surface area contributed by atoms with Gasteiger partial charge in [-0.3, -0.25) is 9.59 Å². The van der Waals surface area contributed by atoms with Gasteiger partial charge in [-0.1, -0.05) is 18.2 Å². The molecule has 0 bridgehead atoms. The van der Waals surface area contributed by atoms with Crippen molar-refractivity contribution in [2.75, 3.05) is 13.1 Å². The van der Waals surface area contributed by atoms with Gasteiger partial charge in [0.2, 0.25) is 5.91 Å². The SMILES string of the molecule is Cc1c(C(=O)NC(C)CN2CCCC2=O)sc2ccccc12. The third kappa shape index (κ3) is 2.86. The molecule has 0 aliphatic carbocycles. The van der Waals surface area contributed by atoms with Gasteiger partial charge in [0.1, 0.15) is 0 Å². The van der Waals surface area contributed by atoms with Crippen LogP contribution in [0.4, 0.5) is 0 Å². The standard InChI is InChI=1S/C17H20N2O2S/c1-11(10-19-9-5-8-15(19)20)18-17(21)16-12(2)13-6-3-4-7-14(13)22-16/h3-4,6-7,11H,5,8-10H2,1-2H3,(H,18,21). The van der Waals surface area contributed by atoms with E-state index in [1.165, 1.54) is 11.3 Å². The summed E-state index contributed by atoms with van der Waals surface area (Å²) in [5.74, 6) is 0.150. The van der Waals surface area contributed by atoms with Crippen LogP contribution in [0.2, 0.25) is 0 Å². The normalized spacial score (nSPS) is 16.3. The summed E-state index contributed by atoms with van der Waals surface area (Å²) in [7, 11) is 0. The highest BCUT2D eigenvalue weighted by Gasteiger charge is 2.23. The van der Waals surface area contributed by atoms with E-state index in [4.69, 9.17) is 0 Å². The second kappa shape index (κ2) is 6.08. The van der Waals surface area contributed by atoms with Crippen molar-refractivity contribution in [1.82, 2.24) is 10.2 Å². The lowest BCUT2D eigenvalue weighted by molar-refractivity contribution is -0.127. The largest absolute Gasteiger partial charge is 0.347 e. The Hall–Kier alpha value is -1.88. The lowest BCUT2D eigenvalue weighted by Gasteiger charge is -2.21. The highest BCUT2D eigenvalue weighted by Crippen LogP contribution is 2.30. The number of benzene rings is 1. The maximum atomic E-state index is 12.5. The van der Waals surface area contributed by atoms with Crippen molar-refractivity contribution in [1.29, 1.82) is 0 Å². The molecule has 3 rings (SSSR count). The van der Waals surface area contributed by atoms with Gasteiger partial charge < -0.3 is 10.2 Å². The predicted octanol–water partition coefficient (Wildman–Crippen LogP) is 2.95. The molecular formula is C17H20N2O2S. The highest BCUT2D eigenvalue weighted by atomic mass is 32.1. The molecule has 0 saturated carbocycles. The summed E-state index contributed by atoms with van der Waals surface area (Å²) in [5.41, 5.74) is 1.03. The number of nitrogens with zero attached hydrogens (tertiary/aromatic N) is 1. The van der Waals surface area contributed by atoms with Crippen LogP contribution in [0.3, 0.4) is 0 Å². The number of hydrogen-bond donors (Lipinski definition) is 1. The predicted molar refractivity (Wildman–Crippen MR) is 89.3 cm³/mol. The van der Waals surface area contributed by atoms with E-state index < -0.39 is 0 Å². The summed E-state index contributed by atoms with van der Waals surface area (Å²) in [6.45, 7) is 5.34. The number of rotatable bonds is 4. The van der Waals surface area contributed by atoms with Crippen LogP contribution in [0.1, 0.15) is 35.0 Å². The van der Waals surface area contributed by atoms with Gasteiger partial charge in [0.05, 0.1) is 4.88 Å². The molecular weight excluding hydrogens is 296 g/mol. The van der Waals surface area contributed by atoms with Gasteiger partial charge >= 0.3 is 0 Å². The molecule has 1 aromatic heterocycles. The minimum Gasteiger partial charge on any atom is -0.347 e. The van der Waals surface area contributed by atoms with E-state index in [1.54, 1.807) is 0 Å². The Morgan fingerprint density at radius 1 is 1.41 bits per heavy atom. The van der Waals surface area contributed by atoms with Crippen molar-refractivity contribution >= 4 is 33.2 Å². The molecule has 1 saturated heterocycles. The van der Waals surface area contributed by atoms with Crippen LogP contribution < -0.4 is 5.32 Å². The van der Waals surface area contributed by atoms with Crippen molar-refractivity contribution in [3.8, 4) is 0 Å². The zero-order valence-corrected chi connectivity index (χ0v) is 13.7. The first-order chi connectivity index (χ1) is 10.6. The fourth-order valence-electron chi connectivity index (χ4n) is 2.95. The molecule has 1 N–H and O–H groups in total. The van der Waals surface area contributed by atoms with Gasteiger partial charge in [-0.25, -0.2) is 0 Å². The van der Waals surface area contributed by atoms with Crippen LogP contribution in [0.15, 0.2) is 24.3 Å². The fourth-order valence-corrected chi connectivity index (χ4v) is 4.07. The molecule has 1 aliphatic rings. The highest BCUT2D eigenvalue weighted by molar-refractivity contribution is 7.21. The number of thiophene rings is 1. The average molecular weight is 316 g/mol. The van der Waals surface area contributed by atoms with Crippen LogP contribution in [0.25, 0.3) is 10.1 Å². The second-order valence-electron chi connectivity index (χ2n) is 5.87. The van der Waals surface area contributed by atoms with Crippen LogP contribution in [0.5, 0.6) is 0 Å². The molecule has 116 valence electrons. The minimum atomic E-state index is -0.0437. The van der Waals surface area contributed by atoms with Gasteiger partial charge in [0.15, 0.2) is 0 Å². The van der Waals surface area contributed by atoms with Gasteiger partial charge in [0.25, 0.3) is 5.91 Å². The first-order valence-electron chi connectivity index (χ1n) is 7.63. The molecule has 2 amide bonds. The Kier molecular flexibility index (Phi) is 4.16. The van der Waals surface area contributed by atoms with Crippen LogP contribution in [-0.2, 0) is 4.79 Å². The summed E-state index contributed by atoms with van der Waals surface area (Å²) in [5, 5.41) is 4.16. The first-order valence-corrected chi connectivity index (χ1v) is 8.44. The van der Waals surface area contributed by atoms with Crippen LogP contribution in [-0.4, -0.2) is 35.8 Å². The van der Waals surface area contributed by atoms with E-state index in [-0.39, 0.29) is 17.9 Å². The molecule has 5 heteroatoms. The van der Waals surface area contributed by atoms with Gasteiger partial charge in [0, 0.05) is 30.3 Å².